The predicted molar refractivity (Wildman–Crippen MR) is 338 cm³/mol. The molecule has 1 saturated heterocycles. The van der Waals surface area contributed by atoms with E-state index in [1.807, 2.05) is 13.8 Å². The summed E-state index contributed by atoms with van der Waals surface area (Å²) < 4.78 is 5.47. The van der Waals surface area contributed by atoms with Crippen LogP contribution in [0.1, 0.15) is 151 Å². The largest absolute Gasteiger partial charge is 0.480 e. The highest BCUT2D eigenvalue weighted by Crippen LogP contribution is 2.41. The lowest BCUT2D eigenvalue weighted by Gasteiger charge is -2.23. The number of aromatic nitrogens is 7. The number of ether oxygens (including phenoxy) is 1. The van der Waals surface area contributed by atoms with Gasteiger partial charge in [0, 0.05) is 77.8 Å². The molecule has 7 N–H and O–H groups in total. The Balaban J connectivity index is 0.981. The molecule has 464 valence electrons. The molecule has 2 aliphatic rings. The fourth-order valence-corrected chi connectivity index (χ4v) is 15.7. The van der Waals surface area contributed by atoms with Gasteiger partial charge >= 0.3 is 5.97 Å². The van der Waals surface area contributed by atoms with Crippen molar-refractivity contribution in [3.05, 3.63) is 111 Å². The van der Waals surface area contributed by atoms with Gasteiger partial charge in [0.2, 0.25) is 23.6 Å². The second-order valence-electron chi connectivity index (χ2n) is 21.3. The molecule has 24 nitrogen and oxygen atoms in total. The molecule has 89 heavy (non-hydrogen) atoms. The Morgan fingerprint density at radius 1 is 0.742 bits per heavy atom. The maximum atomic E-state index is 14.4. The number of unbranched alkanes of at least 4 members (excludes halogenated alkanes) is 1. The summed E-state index contributed by atoms with van der Waals surface area (Å²) in [7, 11) is 2.96. The summed E-state index contributed by atoms with van der Waals surface area (Å²) in [6, 6.07) is 9.40. The van der Waals surface area contributed by atoms with Crippen molar-refractivity contribution in [1.29, 1.82) is 0 Å². The van der Waals surface area contributed by atoms with E-state index in [9.17, 15) is 48.6 Å². The van der Waals surface area contributed by atoms with E-state index >= 15 is 0 Å². The average Bonchev–Trinajstić information content (AvgIpc) is 1.79. The molecule has 1 aromatic carbocycles. The van der Waals surface area contributed by atoms with Gasteiger partial charge in [-0.3, -0.25) is 33.6 Å². The number of thiazole rings is 6. The van der Waals surface area contributed by atoms with E-state index < -0.39 is 66.3 Å². The maximum Gasteiger partial charge on any atom is 0.326 e. The van der Waals surface area contributed by atoms with Gasteiger partial charge in [0.15, 0.2) is 5.78 Å². The molecule has 5 atom stereocenters. The van der Waals surface area contributed by atoms with Crippen molar-refractivity contribution < 1.29 is 53.3 Å². The van der Waals surface area contributed by atoms with Crippen LogP contribution in [-0.2, 0) is 35.3 Å². The second-order valence-corrected chi connectivity index (χ2v) is 27.1. The lowest BCUT2D eigenvalue weighted by atomic mass is 9.90. The number of pyridine rings is 1. The second kappa shape index (κ2) is 28.7. The topological polar surface area (TPSA) is 340 Å². The van der Waals surface area contributed by atoms with Crippen molar-refractivity contribution in [2.75, 3.05) is 32.6 Å². The molecule has 0 spiro atoms. The highest BCUT2D eigenvalue weighted by atomic mass is 32.1. The number of aliphatic hydroxyl groups excluding tert-OH is 1. The highest BCUT2D eigenvalue weighted by Gasteiger charge is 2.35. The van der Waals surface area contributed by atoms with E-state index in [0.29, 0.717) is 106 Å². The number of fused-ring (bicyclic) bond motifs is 14. The summed E-state index contributed by atoms with van der Waals surface area (Å²) in [6.45, 7) is 5.54. The molecule has 2 aliphatic heterocycles. The van der Waals surface area contributed by atoms with Crippen molar-refractivity contribution >= 4 is 121 Å². The average molecular weight is 1320 g/mol. The highest BCUT2D eigenvalue weighted by molar-refractivity contribution is 7.15. The van der Waals surface area contributed by atoms with Crippen LogP contribution in [0.2, 0.25) is 0 Å². The Hall–Kier alpha value is -7.97. The molecule has 0 saturated carbocycles. The van der Waals surface area contributed by atoms with Gasteiger partial charge in [0.05, 0.1) is 41.2 Å². The number of nitrogens with zero attached hydrogens (tertiary/aromatic N) is 8. The molecule has 0 radical (unpaired) electrons. The number of likely N-dealkylation sites (tertiary alicyclic amines) is 1. The smallest absolute Gasteiger partial charge is 0.326 e. The maximum absolute atomic E-state index is 14.4. The SMILES string of the molecule is CNC(=O)C[C@@H]1NC(=O)c2csc(n2)-c2ccc(-c3nc(NC(=O)CCCCC(=O)N4CCC[C@H]4C(=O)O)cs3)nc2-c2csc(n2)-c2csc(n2)[C@H]([C@@H](O)c2ccccc2)NC(=O)CNC(=O)c2nc(sc2COC)[C@H](C(C)C)CC(=O)c2nc1sc2C. The lowest BCUT2D eigenvalue weighted by molar-refractivity contribution is -0.148. The van der Waals surface area contributed by atoms with Crippen LogP contribution in [0.4, 0.5) is 5.82 Å². The minimum absolute atomic E-state index is 0.0229. The van der Waals surface area contributed by atoms with Crippen molar-refractivity contribution in [2.45, 2.75) is 109 Å². The number of amides is 6. The third-order valence-corrected chi connectivity index (χ3v) is 20.6. The third-order valence-electron chi connectivity index (χ3n) is 14.8. The number of anilines is 1. The zero-order valence-corrected chi connectivity index (χ0v) is 53.6. The Morgan fingerprint density at radius 3 is 2.22 bits per heavy atom. The zero-order valence-electron chi connectivity index (χ0n) is 48.7. The molecule has 30 heteroatoms. The van der Waals surface area contributed by atoms with Gasteiger partial charge in [-0.15, -0.1) is 68.0 Å². The number of carbonyl (C=O) groups excluding carboxylic acids is 7. The molecule has 8 aromatic rings. The van der Waals surface area contributed by atoms with Crippen LogP contribution in [-0.4, -0.2) is 130 Å². The summed E-state index contributed by atoms with van der Waals surface area (Å²) in [5, 5.41) is 44.6. The van der Waals surface area contributed by atoms with Gasteiger partial charge in [-0.2, -0.15) is 0 Å². The normalized spacial score (nSPS) is 17.8. The third kappa shape index (κ3) is 15.0. The minimum atomic E-state index is -1.28. The monoisotopic (exact) mass is 1320 g/mol. The van der Waals surface area contributed by atoms with Crippen LogP contribution in [0.5, 0.6) is 0 Å². The number of carboxylic acids is 1. The molecule has 10 rings (SSSR count). The summed E-state index contributed by atoms with van der Waals surface area (Å²) in [4.78, 5) is 144. The first-order valence-electron chi connectivity index (χ1n) is 28.3. The molecule has 6 amide bonds. The van der Waals surface area contributed by atoms with Crippen molar-refractivity contribution in [3.63, 3.8) is 0 Å². The van der Waals surface area contributed by atoms with E-state index in [4.69, 9.17) is 34.6 Å². The first-order chi connectivity index (χ1) is 42.8. The predicted octanol–water partition coefficient (Wildman–Crippen LogP) is 8.77. The Kier molecular flexibility index (Phi) is 20.6. The number of rotatable bonds is 15. The van der Waals surface area contributed by atoms with E-state index in [-0.39, 0.29) is 78.7 Å². The molecular weight excluding hydrogens is 1260 g/mol. The number of methoxy groups -OCH3 is 1. The Labute approximate surface area is 534 Å². The number of Topliss-reactive ketones (excluding diaryl/α,β-unsaturated/α-hetero) is 1. The summed E-state index contributed by atoms with van der Waals surface area (Å²) in [5.41, 5.74) is 2.81. The van der Waals surface area contributed by atoms with Crippen LogP contribution in [0.15, 0.2) is 64.0 Å². The number of aliphatic hydroxyl groups is 1. The van der Waals surface area contributed by atoms with Gasteiger partial charge in [-0.05, 0) is 56.2 Å². The first kappa shape index (κ1) is 64.0. The number of benzene rings is 1. The van der Waals surface area contributed by atoms with E-state index in [0.717, 1.165) is 0 Å². The molecular formula is C59H61N13O11S6. The van der Waals surface area contributed by atoms with Crippen molar-refractivity contribution in [3.8, 4) is 43.4 Å². The lowest BCUT2D eigenvalue weighted by Crippen LogP contribution is -2.40. The first-order valence-corrected chi connectivity index (χ1v) is 33.5. The number of aliphatic carboxylic acids is 1. The van der Waals surface area contributed by atoms with E-state index in [2.05, 4.69) is 31.6 Å². The van der Waals surface area contributed by atoms with Gasteiger partial charge in [0.1, 0.15) is 83.2 Å². The van der Waals surface area contributed by atoms with Gasteiger partial charge in [-0.25, -0.2) is 39.7 Å². The standard InChI is InChI=1S/C59H61N13O11S6/c1-28(2)32-20-39(73)46-29(3)88-57(70-46)34(21-43(75)60-4)63-51(79)36-25-84-53(65-36)31-17-18-33(55-68-41(27-87-55)67-42(74)15-9-10-16-45(77)72-19-11-14-38(72)59(81)82)62-47(31)35-24-85-56(64-35)37-26-86-58(66-37)49(50(78)30-12-7-6-8-13-30)69-44(76)22-61-52(80)48-40(23-83-5)89-54(32)71-48/h6-8,12-13,17-18,24-28,32,34,38,49-50,78H,9-11,14-16,19-23H2,1-5H3,(H,60,75)(H,61,80)(H,63,79)(H,67,74)(H,69,76)(H,81,82)/t32-,34-,38-,49-,50-/m0/s1. The van der Waals surface area contributed by atoms with Gasteiger partial charge in [0.25, 0.3) is 11.8 Å². The van der Waals surface area contributed by atoms with Crippen LogP contribution in [0.25, 0.3) is 43.4 Å². The molecule has 9 heterocycles. The van der Waals surface area contributed by atoms with E-state index in [1.54, 1.807) is 70.9 Å². The number of nitrogens with one attached hydrogen (secondary N) is 5. The fraction of sp³-hybridized carbons (Fsp3) is 0.373. The van der Waals surface area contributed by atoms with E-state index in [1.165, 1.54) is 87.1 Å². The van der Waals surface area contributed by atoms with Crippen LogP contribution in [0, 0.1) is 12.8 Å². The number of hydrogen-bond acceptors (Lipinski definition) is 23. The Morgan fingerprint density at radius 2 is 1.46 bits per heavy atom. The number of carbonyl (C=O) groups is 8. The Bertz CT molecular complexity index is 3950. The van der Waals surface area contributed by atoms with Crippen LogP contribution >= 0.6 is 68.0 Å². The minimum Gasteiger partial charge on any atom is -0.480 e. The zero-order chi connectivity index (χ0) is 63.0. The number of hydrogen-bond donors (Lipinski definition) is 7. The molecule has 10 bridgehead atoms. The summed E-state index contributed by atoms with van der Waals surface area (Å²) in [6.07, 6.45) is 0.563. The molecule has 1 fully saturated rings. The summed E-state index contributed by atoms with van der Waals surface area (Å²) >= 11 is 7.25. The number of ketones is 1. The van der Waals surface area contributed by atoms with Gasteiger partial charge < -0.3 is 46.4 Å². The molecule has 0 aliphatic carbocycles. The van der Waals surface area contributed by atoms with Crippen LogP contribution in [0.3, 0.4) is 0 Å². The van der Waals surface area contributed by atoms with Gasteiger partial charge in [-0.1, -0.05) is 44.2 Å². The molecule has 7 aromatic heterocycles. The van der Waals surface area contributed by atoms with Crippen LogP contribution < -0.4 is 26.6 Å². The quantitative estimate of drug-likeness (QED) is 0.0471. The number of aryl methyl sites for hydroxylation is 1. The summed E-state index contributed by atoms with van der Waals surface area (Å²) in [5.74, 6) is -4.52. The fourth-order valence-electron chi connectivity index (χ4n) is 10.1. The van der Waals surface area contributed by atoms with Crippen molar-refractivity contribution in [1.82, 2.24) is 61.1 Å². The number of carboxylic acid groups (broad SMARTS) is 1. The van der Waals surface area contributed by atoms with Crippen molar-refractivity contribution in [2.24, 2.45) is 5.92 Å². The molecule has 0 unspecified atom stereocenters.